The maximum absolute atomic E-state index is 6.07. The summed E-state index contributed by atoms with van der Waals surface area (Å²) < 4.78 is 0. The van der Waals surface area contributed by atoms with E-state index in [0.717, 1.165) is 47.6 Å². The van der Waals surface area contributed by atoms with Gasteiger partial charge in [-0.05, 0) is 44.1 Å². The van der Waals surface area contributed by atoms with Gasteiger partial charge in [0.1, 0.15) is 5.82 Å². The number of nitrogens with two attached hydrogens (primary N) is 1. The van der Waals surface area contributed by atoms with Gasteiger partial charge in [-0.15, -0.1) is 0 Å². The second kappa shape index (κ2) is 6.20. The van der Waals surface area contributed by atoms with Crippen LogP contribution in [0.25, 0.3) is 22.2 Å². The van der Waals surface area contributed by atoms with E-state index in [-0.39, 0.29) is 0 Å². The summed E-state index contributed by atoms with van der Waals surface area (Å²) in [6.45, 7) is 7.89. The van der Waals surface area contributed by atoms with Gasteiger partial charge in [0.05, 0.1) is 11.2 Å². The first-order valence-electron chi connectivity index (χ1n) is 9.70. The highest BCUT2D eigenvalue weighted by Gasteiger charge is 2.43. The molecule has 7 nitrogen and oxygen atoms in total. The van der Waals surface area contributed by atoms with Crippen LogP contribution >= 0.6 is 0 Å². The van der Waals surface area contributed by atoms with E-state index in [1.807, 2.05) is 6.07 Å². The molecule has 1 spiro atoms. The zero-order chi connectivity index (χ0) is 18.4. The molecular formula is C20H25N7. The maximum Gasteiger partial charge on any atom is 0.222 e. The molecule has 2 saturated heterocycles. The normalized spacial score (nSPS) is 23.1. The molecule has 0 amide bonds. The van der Waals surface area contributed by atoms with Crippen molar-refractivity contribution >= 4 is 22.7 Å². The molecule has 7 heteroatoms. The summed E-state index contributed by atoms with van der Waals surface area (Å²) in [6, 6.07) is 8.22. The van der Waals surface area contributed by atoms with Crippen molar-refractivity contribution in [1.82, 2.24) is 25.1 Å². The Balaban J connectivity index is 1.50. The van der Waals surface area contributed by atoms with Crippen molar-refractivity contribution in [2.75, 3.05) is 43.4 Å². The average molecular weight is 363 g/mol. The second-order valence-electron chi connectivity index (χ2n) is 7.90. The highest BCUT2D eigenvalue weighted by Crippen LogP contribution is 2.42. The summed E-state index contributed by atoms with van der Waals surface area (Å²) >= 11 is 0. The molecule has 3 aromatic rings. The third-order valence-corrected chi connectivity index (χ3v) is 6.21. The largest absolute Gasteiger partial charge is 0.368 e. The summed E-state index contributed by atoms with van der Waals surface area (Å²) in [6.07, 6.45) is 4.26. The minimum absolute atomic E-state index is 0.335. The van der Waals surface area contributed by atoms with Crippen molar-refractivity contribution in [3.63, 3.8) is 0 Å². The first-order valence-corrected chi connectivity index (χ1v) is 9.70. The number of likely N-dealkylation sites (tertiary alicyclic amines) is 1. The first kappa shape index (κ1) is 16.5. The Morgan fingerprint density at radius 3 is 2.81 bits per heavy atom. The van der Waals surface area contributed by atoms with Crippen molar-refractivity contribution in [2.24, 2.45) is 5.41 Å². The molecule has 1 unspecified atom stereocenters. The van der Waals surface area contributed by atoms with Gasteiger partial charge in [0.15, 0.2) is 0 Å². The number of benzene rings is 1. The lowest BCUT2D eigenvalue weighted by atomic mass is 9.86. The molecule has 2 fully saturated rings. The fraction of sp³-hybridized carbons (Fsp3) is 0.450. The molecular weight excluding hydrogens is 338 g/mol. The molecule has 1 aromatic carbocycles. The average Bonchev–Trinajstić information content (AvgIpc) is 3.42. The molecule has 3 N–H and O–H groups in total. The van der Waals surface area contributed by atoms with Crippen molar-refractivity contribution in [3.05, 3.63) is 30.5 Å². The van der Waals surface area contributed by atoms with Gasteiger partial charge in [0, 0.05) is 42.2 Å². The van der Waals surface area contributed by atoms with Gasteiger partial charge in [-0.3, -0.25) is 5.10 Å². The van der Waals surface area contributed by atoms with Crippen molar-refractivity contribution in [2.45, 2.75) is 19.8 Å². The molecule has 2 aliphatic heterocycles. The predicted molar refractivity (Wildman–Crippen MR) is 108 cm³/mol. The van der Waals surface area contributed by atoms with E-state index in [1.54, 1.807) is 6.20 Å². The van der Waals surface area contributed by atoms with Gasteiger partial charge in [-0.25, -0.2) is 4.98 Å². The molecule has 2 aliphatic rings. The van der Waals surface area contributed by atoms with Gasteiger partial charge < -0.3 is 15.5 Å². The standard InChI is InChI=1S/C20H25N7/c1-2-26-9-6-20(12-26)7-10-27(13-20)18-15-4-3-14(16-5-8-22-25-16)11-17(15)23-19(21)24-18/h3-5,8,11H,2,6-7,9-10,12-13H2,1H3,(H,22,25)(H2,21,23,24). The van der Waals surface area contributed by atoms with E-state index in [0.29, 0.717) is 11.4 Å². The van der Waals surface area contributed by atoms with E-state index in [4.69, 9.17) is 5.73 Å². The number of nitrogen functional groups attached to an aromatic ring is 1. The monoisotopic (exact) mass is 363 g/mol. The van der Waals surface area contributed by atoms with Crippen LogP contribution in [0.2, 0.25) is 0 Å². The third kappa shape index (κ3) is 2.82. The van der Waals surface area contributed by atoms with E-state index < -0.39 is 0 Å². The highest BCUT2D eigenvalue weighted by molar-refractivity contribution is 5.93. The van der Waals surface area contributed by atoms with E-state index in [1.165, 1.54) is 25.9 Å². The number of hydrogen-bond acceptors (Lipinski definition) is 6. The van der Waals surface area contributed by atoms with E-state index >= 15 is 0 Å². The van der Waals surface area contributed by atoms with Gasteiger partial charge in [-0.2, -0.15) is 10.1 Å². The van der Waals surface area contributed by atoms with Crippen molar-refractivity contribution < 1.29 is 0 Å². The fourth-order valence-corrected chi connectivity index (χ4v) is 4.70. The summed E-state index contributed by atoms with van der Waals surface area (Å²) in [5, 5.41) is 8.11. The smallest absolute Gasteiger partial charge is 0.222 e. The number of nitrogens with zero attached hydrogens (tertiary/aromatic N) is 5. The zero-order valence-corrected chi connectivity index (χ0v) is 15.6. The topological polar surface area (TPSA) is 87.0 Å². The molecule has 4 heterocycles. The number of aromatic amines is 1. The summed E-state index contributed by atoms with van der Waals surface area (Å²) in [5.74, 6) is 1.31. The van der Waals surface area contributed by atoms with Crippen molar-refractivity contribution in [3.8, 4) is 11.3 Å². The van der Waals surface area contributed by atoms with Crippen LogP contribution in [0.3, 0.4) is 0 Å². The minimum atomic E-state index is 0.335. The highest BCUT2D eigenvalue weighted by atomic mass is 15.3. The van der Waals surface area contributed by atoms with Gasteiger partial charge in [0.2, 0.25) is 5.95 Å². The summed E-state index contributed by atoms with van der Waals surface area (Å²) in [4.78, 5) is 14.1. The Morgan fingerprint density at radius 2 is 2.04 bits per heavy atom. The summed E-state index contributed by atoms with van der Waals surface area (Å²) in [5.41, 5.74) is 9.38. The van der Waals surface area contributed by atoms with Crippen LogP contribution in [0.15, 0.2) is 30.5 Å². The first-order chi connectivity index (χ1) is 13.2. The zero-order valence-electron chi connectivity index (χ0n) is 15.6. The Morgan fingerprint density at radius 1 is 1.15 bits per heavy atom. The molecule has 5 rings (SSSR count). The number of fused-ring (bicyclic) bond motifs is 1. The number of rotatable bonds is 3. The van der Waals surface area contributed by atoms with Gasteiger partial charge in [-0.1, -0.05) is 13.0 Å². The third-order valence-electron chi connectivity index (χ3n) is 6.21. The molecule has 0 radical (unpaired) electrons. The second-order valence-corrected chi connectivity index (χ2v) is 7.90. The van der Waals surface area contributed by atoms with Crippen LogP contribution < -0.4 is 10.6 Å². The number of H-pyrrole nitrogens is 1. The minimum Gasteiger partial charge on any atom is -0.368 e. The van der Waals surface area contributed by atoms with Crippen molar-refractivity contribution in [1.29, 1.82) is 0 Å². The van der Waals surface area contributed by atoms with Crippen LogP contribution in [-0.4, -0.2) is 57.8 Å². The molecule has 0 bridgehead atoms. The Kier molecular flexibility index (Phi) is 3.79. The number of hydrogen-bond donors (Lipinski definition) is 2. The lowest BCUT2D eigenvalue weighted by molar-refractivity contribution is 0.286. The van der Waals surface area contributed by atoms with Crippen LogP contribution in [0.1, 0.15) is 19.8 Å². The van der Waals surface area contributed by atoms with Crippen LogP contribution in [0, 0.1) is 5.41 Å². The Hall–Kier alpha value is -2.67. The predicted octanol–water partition coefficient (Wildman–Crippen LogP) is 2.52. The van der Waals surface area contributed by atoms with Crippen LogP contribution in [0.5, 0.6) is 0 Å². The quantitative estimate of drug-likeness (QED) is 0.744. The van der Waals surface area contributed by atoms with Crippen LogP contribution in [-0.2, 0) is 0 Å². The van der Waals surface area contributed by atoms with E-state index in [9.17, 15) is 0 Å². The van der Waals surface area contributed by atoms with Gasteiger partial charge in [0.25, 0.3) is 0 Å². The number of nitrogens with one attached hydrogen (secondary N) is 1. The lowest BCUT2D eigenvalue weighted by Crippen LogP contribution is -2.31. The fourth-order valence-electron chi connectivity index (χ4n) is 4.70. The van der Waals surface area contributed by atoms with Crippen LogP contribution in [0.4, 0.5) is 11.8 Å². The SMILES string of the molecule is CCN1CCC2(CCN(c3nc(N)nc4cc(-c5ccn[nH]5)ccc34)C2)C1. The molecule has 2 aromatic heterocycles. The molecule has 27 heavy (non-hydrogen) atoms. The Bertz CT molecular complexity index is 968. The van der Waals surface area contributed by atoms with Gasteiger partial charge >= 0.3 is 0 Å². The number of aromatic nitrogens is 4. The van der Waals surface area contributed by atoms with E-state index in [2.05, 4.69) is 55.1 Å². The number of anilines is 2. The lowest BCUT2D eigenvalue weighted by Gasteiger charge is -2.25. The maximum atomic E-state index is 6.07. The summed E-state index contributed by atoms with van der Waals surface area (Å²) in [7, 11) is 0. The molecule has 140 valence electrons. The molecule has 1 atom stereocenters. The molecule has 0 aliphatic carbocycles. The Labute approximate surface area is 158 Å². The molecule has 0 saturated carbocycles.